The van der Waals surface area contributed by atoms with E-state index in [0.29, 0.717) is 31.3 Å². The average molecular weight is 431 g/mol. The van der Waals surface area contributed by atoms with Crippen molar-refractivity contribution >= 4 is 40.9 Å². The van der Waals surface area contributed by atoms with E-state index >= 15 is 0 Å². The average Bonchev–Trinajstić information content (AvgIpc) is 2.75. The molecule has 0 spiro atoms. The number of ether oxygens (including phenoxy) is 2. The van der Waals surface area contributed by atoms with Gasteiger partial charge in [0, 0.05) is 31.0 Å². The van der Waals surface area contributed by atoms with Crippen molar-refractivity contribution in [2.45, 2.75) is 20.8 Å². The molecule has 0 aliphatic carbocycles. The van der Waals surface area contributed by atoms with Crippen molar-refractivity contribution in [2.24, 2.45) is 0 Å². The summed E-state index contributed by atoms with van der Waals surface area (Å²) in [7, 11) is 0. The van der Waals surface area contributed by atoms with Crippen molar-refractivity contribution in [1.82, 2.24) is 4.67 Å². The molecule has 2 amide bonds. The Balaban J connectivity index is 2.02. The van der Waals surface area contributed by atoms with Gasteiger partial charge in [-0.25, -0.2) is 9.46 Å². The number of carbonyl (C=O) groups excluding carboxylic acids is 1. The van der Waals surface area contributed by atoms with Crippen LogP contribution in [0.1, 0.15) is 20.8 Å². The standard InChI is InChI=1S/C21H26N3O3PS/c1-4-22(5-2)28(29)20-15-19-18(26-12-13-27-19)14-17(20)23(6-3)21(25)24(28)16-10-8-7-9-11-16/h7-11,14-15H,4-6,12-13H2,1-3H3/t28-/m1/s1. The largest absolute Gasteiger partial charge is 0.486 e. The molecule has 29 heavy (non-hydrogen) atoms. The molecule has 6 nitrogen and oxygen atoms in total. The third kappa shape index (κ3) is 3.12. The van der Waals surface area contributed by atoms with Gasteiger partial charge < -0.3 is 9.47 Å². The second-order valence-corrected chi connectivity index (χ2v) is 10.9. The molecule has 0 fully saturated rings. The lowest BCUT2D eigenvalue weighted by Gasteiger charge is -2.48. The van der Waals surface area contributed by atoms with E-state index < -0.39 is 6.34 Å². The smallest absolute Gasteiger partial charge is 0.334 e. The summed E-state index contributed by atoms with van der Waals surface area (Å²) in [6, 6.07) is 13.6. The quantitative estimate of drug-likeness (QED) is 0.664. The highest BCUT2D eigenvalue weighted by Gasteiger charge is 2.46. The van der Waals surface area contributed by atoms with Crippen LogP contribution in [-0.2, 0) is 11.8 Å². The molecule has 0 bridgehead atoms. The summed E-state index contributed by atoms with van der Waals surface area (Å²) in [4.78, 5) is 15.5. The highest BCUT2D eigenvalue weighted by molar-refractivity contribution is 8.18. The van der Waals surface area contributed by atoms with Gasteiger partial charge in [-0.2, -0.15) is 0 Å². The fourth-order valence-electron chi connectivity index (χ4n) is 3.99. The molecule has 0 saturated heterocycles. The van der Waals surface area contributed by atoms with Crippen LogP contribution in [-0.4, -0.2) is 43.5 Å². The van der Waals surface area contributed by atoms with Crippen LogP contribution < -0.4 is 24.3 Å². The van der Waals surface area contributed by atoms with Crippen LogP contribution in [0.4, 0.5) is 16.2 Å². The maximum atomic E-state index is 13.8. The van der Waals surface area contributed by atoms with Crippen LogP contribution in [0.25, 0.3) is 0 Å². The summed E-state index contributed by atoms with van der Waals surface area (Å²) in [6.45, 7) is 9.24. The molecule has 0 radical (unpaired) electrons. The second kappa shape index (κ2) is 7.98. The summed E-state index contributed by atoms with van der Waals surface area (Å²) in [5.41, 5.74) is 1.66. The Kier molecular flexibility index (Phi) is 5.56. The number of benzene rings is 2. The number of hydrogen-bond acceptors (Lipinski definition) is 4. The van der Waals surface area contributed by atoms with Gasteiger partial charge in [-0.05, 0) is 25.1 Å². The topological polar surface area (TPSA) is 45.3 Å². The van der Waals surface area contributed by atoms with Crippen LogP contribution >= 0.6 is 6.34 Å². The molecular formula is C21H26N3O3PS. The van der Waals surface area contributed by atoms with Crippen LogP contribution in [0.15, 0.2) is 42.5 Å². The van der Waals surface area contributed by atoms with E-state index in [2.05, 4.69) is 18.5 Å². The van der Waals surface area contributed by atoms with Crippen LogP contribution in [0.5, 0.6) is 11.5 Å². The van der Waals surface area contributed by atoms with E-state index in [1.165, 1.54) is 0 Å². The molecule has 0 saturated carbocycles. The molecule has 2 aliphatic rings. The SMILES string of the molecule is CCN1C(=O)N(c2ccccc2)[P@](=S)(N(CC)CC)c2cc3c(cc21)OCCO3. The van der Waals surface area contributed by atoms with Gasteiger partial charge in [0.25, 0.3) is 0 Å². The first-order valence-corrected chi connectivity index (χ1v) is 12.7. The molecule has 1 atom stereocenters. The minimum Gasteiger partial charge on any atom is -0.486 e. The molecule has 0 aromatic heterocycles. The monoisotopic (exact) mass is 431 g/mol. The molecule has 2 aromatic carbocycles. The van der Waals surface area contributed by atoms with Gasteiger partial charge in [-0.3, -0.25) is 9.57 Å². The van der Waals surface area contributed by atoms with Crippen molar-refractivity contribution in [3.05, 3.63) is 42.5 Å². The van der Waals surface area contributed by atoms with Gasteiger partial charge in [0.15, 0.2) is 11.5 Å². The van der Waals surface area contributed by atoms with Gasteiger partial charge in [-0.1, -0.05) is 43.9 Å². The Morgan fingerprint density at radius 1 is 1.03 bits per heavy atom. The molecule has 8 heteroatoms. The van der Waals surface area contributed by atoms with Gasteiger partial charge in [-0.15, -0.1) is 0 Å². The number of carbonyl (C=O) groups is 1. The first-order valence-electron chi connectivity index (χ1n) is 10.0. The van der Waals surface area contributed by atoms with Crippen LogP contribution in [0.3, 0.4) is 0 Å². The fourth-order valence-corrected chi connectivity index (χ4v) is 8.70. The van der Waals surface area contributed by atoms with E-state index in [4.69, 9.17) is 21.3 Å². The molecule has 2 heterocycles. The molecular weight excluding hydrogens is 405 g/mol. The maximum Gasteiger partial charge on any atom is 0.334 e. The number of hydrogen-bond donors (Lipinski definition) is 0. The predicted octanol–water partition coefficient (Wildman–Crippen LogP) is 4.20. The molecule has 0 unspecified atom stereocenters. The molecule has 2 aliphatic heterocycles. The van der Waals surface area contributed by atoms with Crippen molar-refractivity contribution in [2.75, 3.05) is 42.4 Å². The zero-order chi connectivity index (χ0) is 20.6. The predicted molar refractivity (Wildman–Crippen MR) is 122 cm³/mol. The highest BCUT2D eigenvalue weighted by Crippen LogP contribution is 2.60. The summed E-state index contributed by atoms with van der Waals surface area (Å²) < 4.78 is 15.8. The number of urea groups is 1. The van der Waals surface area contributed by atoms with Gasteiger partial charge in [0.05, 0.1) is 11.4 Å². The zero-order valence-corrected chi connectivity index (χ0v) is 18.7. The summed E-state index contributed by atoms with van der Waals surface area (Å²) in [5.74, 6) is 1.38. The van der Waals surface area contributed by atoms with Crippen LogP contribution in [0, 0.1) is 0 Å². The minimum atomic E-state index is -2.63. The van der Waals surface area contributed by atoms with Gasteiger partial charge >= 0.3 is 6.03 Å². The molecule has 4 rings (SSSR count). The third-order valence-corrected chi connectivity index (χ3v) is 10.4. The Labute approximate surface area is 177 Å². The zero-order valence-electron chi connectivity index (χ0n) is 17.0. The number of anilines is 2. The van der Waals surface area contributed by atoms with E-state index in [-0.39, 0.29) is 6.03 Å². The van der Waals surface area contributed by atoms with E-state index in [9.17, 15) is 4.79 Å². The van der Waals surface area contributed by atoms with Gasteiger partial charge in [0.2, 0.25) is 0 Å². The van der Waals surface area contributed by atoms with Gasteiger partial charge in [0.1, 0.15) is 19.6 Å². The lowest BCUT2D eigenvalue weighted by atomic mass is 10.2. The first-order chi connectivity index (χ1) is 14.1. The summed E-state index contributed by atoms with van der Waals surface area (Å²) in [5, 5.41) is 0.978. The van der Waals surface area contributed by atoms with E-state index in [1.807, 2.05) is 54.1 Å². The third-order valence-electron chi connectivity index (χ3n) is 5.36. The molecule has 2 aromatic rings. The van der Waals surface area contributed by atoms with Crippen molar-refractivity contribution in [1.29, 1.82) is 0 Å². The van der Waals surface area contributed by atoms with E-state index in [1.54, 1.807) is 4.90 Å². The number of para-hydroxylation sites is 1. The summed E-state index contributed by atoms with van der Waals surface area (Å²) >= 11 is 6.43. The molecule has 154 valence electrons. The number of fused-ring (bicyclic) bond motifs is 2. The summed E-state index contributed by atoms with van der Waals surface area (Å²) in [6.07, 6.45) is -2.63. The first kappa shape index (κ1) is 20.2. The highest BCUT2D eigenvalue weighted by atomic mass is 32.4. The Morgan fingerprint density at radius 2 is 1.66 bits per heavy atom. The second-order valence-electron chi connectivity index (χ2n) is 6.84. The molecule has 0 N–H and O–H groups in total. The Bertz CT molecular complexity index is 965. The lowest BCUT2D eigenvalue weighted by Crippen LogP contribution is -2.53. The number of nitrogens with zero attached hydrogens (tertiary/aromatic N) is 3. The Morgan fingerprint density at radius 3 is 2.24 bits per heavy atom. The van der Waals surface area contributed by atoms with Crippen LogP contribution in [0.2, 0.25) is 0 Å². The minimum absolute atomic E-state index is 0.0851. The van der Waals surface area contributed by atoms with Crippen molar-refractivity contribution in [3.63, 3.8) is 0 Å². The number of amides is 2. The Hall–Kier alpha value is -2.08. The van der Waals surface area contributed by atoms with Crippen molar-refractivity contribution in [3.8, 4) is 11.5 Å². The van der Waals surface area contributed by atoms with Crippen molar-refractivity contribution < 1.29 is 14.3 Å². The maximum absolute atomic E-state index is 13.8. The van der Waals surface area contributed by atoms with E-state index in [0.717, 1.165) is 29.8 Å². The lowest BCUT2D eigenvalue weighted by molar-refractivity contribution is 0.172. The fraction of sp³-hybridized carbons (Fsp3) is 0.381. The normalized spacial score (nSPS) is 20.8. The number of rotatable bonds is 5.